The Morgan fingerprint density at radius 2 is 1.74 bits per heavy atom. The van der Waals surface area contributed by atoms with E-state index < -0.39 is 0 Å². The van der Waals surface area contributed by atoms with Crippen molar-refractivity contribution in [3.8, 4) is 5.75 Å². The van der Waals surface area contributed by atoms with E-state index in [-0.39, 0.29) is 36.4 Å². The molecule has 8 heteroatoms. The number of hydrogen-bond donors (Lipinski definition) is 4. The number of benzene rings is 2. The highest BCUT2D eigenvalue weighted by Crippen LogP contribution is 2.30. The van der Waals surface area contributed by atoms with Crippen molar-refractivity contribution in [3.63, 3.8) is 0 Å². The molecule has 8 nitrogen and oxygen atoms in total. The van der Waals surface area contributed by atoms with Crippen molar-refractivity contribution in [2.45, 2.75) is 39.3 Å². The Labute approximate surface area is 181 Å². The second-order valence-corrected chi connectivity index (χ2v) is 7.81. The minimum Gasteiger partial charge on any atom is -0.484 e. The van der Waals surface area contributed by atoms with Gasteiger partial charge in [0.15, 0.2) is 6.61 Å². The van der Waals surface area contributed by atoms with Gasteiger partial charge in [-0.25, -0.2) is 4.79 Å². The summed E-state index contributed by atoms with van der Waals surface area (Å²) in [6.07, 6.45) is 1.88. The fraction of sp³-hybridized carbons (Fsp3) is 0.348. The highest BCUT2D eigenvalue weighted by molar-refractivity contribution is 5.94. The van der Waals surface area contributed by atoms with Crippen LogP contribution in [0.15, 0.2) is 48.5 Å². The molecule has 0 heterocycles. The molecule has 2 aromatic carbocycles. The molecule has 0 saturated heterocycles. The minimum atomic E-state index is -0.260. The molecule has 0 aromatic heterocycles. The van der Waals surface area contributed by atoms with Crippen molar-refractivity contribution < 1.29 is 19.1 Å². The summed E-state index contributed by atoms with van der Waals surface area (Å²) in [5.41, 5.74) is 2.23. The van der Waals surface area contributed by atoms with Crippen LogP contribution in [0.25, 0.3) is 0 Å². The predicted octanol–water partition coefficient (Wildman–Crippen LogP) is 3.26. The maximum Gasteiger partial charge on any atom is 0.319 e. The molecular weight excluding hydrogens is 396 g/mol. The summed E-state index contributed by atoms with van der Waals surface area (Å²) in [7, 11) is 0. The lowest BCUT2D eigenvalue weighted by Gasteiger charge is -2.11. The maximum absolute atomic E-state index is 12.1. The van der Waals surface area contributed by atoms with Crippen molar-refractivity contribution in [1.29, 1.82) is 0 Å². The molecule has 3 rings (SSSR count). The molecule has 164 valence electrons. The Morgan fingerprint density at radius 3 is 2.42 bits per heavy atom. The molecule has 1 aliphatic carbocycles. The molecular formula is C23H28N4O4. The van der Waals surface area contributed by atoms with Crippen LogP contribution in [0.3, 0.4) is 0 Å². The van der Waals surface area contributed by atoms with E-state index in [0.717, 1.165) is 18.4 Å². The summed E-state index contributed by atoms with van der Waals surface area (Å²) in [6.45, 7) is 3.99. The molecule has 2 aromatic rings. The Bertz CT molecular complexity index is 923. The molecule has 1 saturated carbocycles. The fourth-order valence-corrected chi connectivity index (χ4v) is 2.79. The average molecular weight is 425 g/mol. The van der Waals surface area contributed by atoms with Gasteiger partial charge in [0.1, 0.15) is 5.75 Å². The number of amides is 4. The normalized spacial score (nSPS) is 12.7. The third kappa shape index (κ3) is 7.65. The fourth-order valence-electron chi connectivity index (χ4n) is 2.79. The molecule has 4 N–H and O–H groups in total. The van der Waals surface area contributed by atoms with Crippen LogP contribution in [0.1, 0.15) is 32.3 Å². The molecule has 0 unspecified atom stereocenters. The van der Waals surface area contributed by atoms with Crippen LogP contribution in [0.4, 0.5) is 16.2 Å². The summed E-state index contributed by atoms with van der Waals surface area (Å²) >= 11 is 0. The number of anilines is 2. The van der Waals surface area contributed by atoms with E-state index in [4.69, 9.17) is 4.74 Å². The first-order valence-electron chi connectivity index (χ1n) is 10.4. The zero-order valence-electron chi connectivity index (χ0n) is 17.7. The zero-order chi connectivity index (χ0) is 22.2. The van der Waals surface area contributed by atoms with Crippen LogP contribution in [0, 0.1) is 5.92 Å². The Balaban J connectivity index is 1.40. The lowest BCUT2D eigenvalue weighted by Crippen LogP contribution is -2.34. The van der Waals surface area contributed by atoms with Crippen LogP contribution in [-0.4, -0.2) is 30.5 Å². The van der Waals surface area contributed by atoms with Gasteiger partial charge in [-0.2, -0.15) is 0 Å². The SMILES string of the molecule is CC(C)NC(=O)Nc1ccc(CNC(=O)COc2cccc(NC(=O)C3CC3)c2)cc1. The summed E-state index contributed by atoms with van der Waals surface area (Å²) < 4.78 is 5.53. The lowest BCUT2D eigenvalue weighted by molar-refractivity contribution is -0.123. The lowest BCUT2D eigenvalue weighted by atomic mass is 10.2. The molecule has 0 bridgehead atoms. The van der Waals surface area contributed by atoms with Crippen LogP contribution < -0.4 is 26.0 Å². The maximum atomic E-state index is 12.1. The van der Waals surface area contributed by atoms with Crippen LogP contribution in [0.5, 0.6) is 5.75 Å². The van der Waals surface area contributed by atoms with Gasteiger partial charge in [-0.3, -0.25) is 9.59 Å². The first-order chi connectivity index (χ1) is 14.9. The molecule has 0 spiro atoms. The topological polar surface area (TPSA) is 109 Å². The number of ether oxygens (including phenoxy) is 1. The third-order valence-corrected chi connectivity index (χ3v) is 4.54. The van der Waals surface area contributed by atoms with E-state index in [9.17, 15) is 14.4 Å². The van der Waals surface area contributed by atoms with Gasteiger partial charge in [0.2, 0.25) is 5.91 Å². The van der Waals surface area contributed by atoms with Gasteiger partial charge >= 0.3 is 6.03 Å². The predicted molar refractivity (Wildman–Crippen MR) is 119 cm³/mol. The van der Waals surface area contributed by atoms with Crippen molar-refractivity contribution >= 4 is 29.2 Å². The summed E-state index contributed by atoms with van der Waals surface area (Å²) in [5.74, 6) is 0.402. The first-order valence-corrected chi connectivity index (χ1v) is 10.4. The number of urea groups is 1. The van der Waals surface area contributed by atoms with E-state index in [1.54, 1.807) is 36.4 Å². The van der Waals surface area contributed by atoms with E-state index >= 15 is 0 Å². The second kappa shape index (κ2) is 10.5. The second-order valence-electron chi connectivity index (χ2n) is 7.81. The molecule has 0 aliphatic heterocycles. The highest BCUT2D eigenvalue weighted by atomic mass is 16.5. The quantitative estimate of drug-likeness (QED) is 0.495. The average Bonchev–Trinajstić information content (AvgIpc) is 3.57. The first kappa shape index (κ1) is 22.1. The number of rotatable bonds is 9. The Morgan fingerprint density at radius 1 is 1.00 bits per heavy atom. The monoisotopic (exact) mass is 424 g/mol. The van der Waals surface area contributed by atoms with Gasteiger partial charge in [0.25, 0.3) is 5.91 Å². The standard InChI is InChI=1S/C23H28N4O4/c1-15(2)25-23(30)27-18-10-6-16(7-11-18)13-24-21(28)14-31-20-5-3-4-19(12-20)26-22(29)17-8-9-17/h3-7,10-12,15,17H,8-9,13-14H2,1-2H3,(H,24,28)(H,26,29)(H2,25,27,30). The molecule has 0 radical (unpaired) electrons. The molecule has 0 atom stereocenters. The van der Waals surface area contributed by atoms with Crippen LogP contribution in [-0.2, 0) is 16.1 Å². The largest absolute Gasteiger partial charge is 0.484 e. The van der Waals surface area contributed by atoms with Crippen molar-refractivity contribution in [2.75, 3.05) is 17.2 Å². The van der Waals surface area contributed by atoms with E-state index in [1.165, 1.54) is 0 Å². The Hall–Kier alpha value is -3.55. The van der Waals surface area contributed by atoms with Crippen LogP contribution >= 0.6 is 0 Å². The number of carbonyl (C=O) groups excluding carboxylic acids is 3. The minimum absolute atomic E-state index is 0.0247. The van der Waals surface area contributed by atoms with Gasteiger partial charge in [0.05, 0.1) is 0 Å². The summed E-state index contributed by atoms with van der Waals surface area (Å²) in [5, 5.41) is 11.1. The van der Waals surface area contributed by atoms with Gasteiger partial charge in [-0.05, 0) is 56.5 Å². The molecule has 1 fully saturated rings. The summed E-state index contributed by atoms with van der Waals surface area (Å²) in [6, 6.07) is 14.0. The van der Waals surface area contributed by atoms with Crippen molar-refractivity contribution in [3.05, 3.63) is 54.1 Å². The zero-order valence-corrected chi connectivity index (χ0v) is 17.7. The van der Waals surface area contributed by atoms with E-state index in [0.29, 0.717) is 23.7 Å². The van der Waals surface area contributed by atoms with Crippen molar-refractivity contribution in [1.82, 2.24) is 10.6 Å². The van der Waals surface area contributed by atoms with Crippen molar-refractivity contribution in [2.24, 2.45) is 5.92 Å². The van der Waals surface area contributed by atoms with E-state index in [2.05, 4.69) is 21.3 Å². The number of nitrogens with one attached hydrogen (secondary N) is 4. The van der Waals surface area contributed by atoms with Gasteiger partial charge in [-0.15, -0.1) is 0 Å². The van der Waals surface area contributed by atoms with Crippen LogP contribution in [0.2, 0.25) is 0 Å². The number of carbonyl (C=O) groups is 3. The Kier molecular flexibility index (Phi) is 7.48. The van der Waals surface area contributed by atoms with Gasteiger partial charge in [0, 0.05) is 35.9 Å². The third-order valence-electron chi connectivity index (χ3n) is 4.54. The highest BCUT2D eigenvalue weighted by Gasteiger charge is 2.29. The van der Waals surface area contributed by atoms with Gasteiger partial charge < -0.3 is 26.0 Å². The molecule has 1 aliphatic rings. The summed E-state index contributed by atoms with van der Waals surface area (Å²) in [4.78, 5) is 35.6. The van der Waals surface area contributed by atoms with E-state index in [1.807, 2.05) is 26.0 Å². The molecule has 31 heavy (non-hydrogen) atoms. The number of hydrogen-bond acceptors (Lipinski definition) is 4. The van der Waals surface area contributed by atoms with Gasteiger partial charge in [-0.1, -0.05) is 18.2 Å². The smallest absolute Gasteiger partial charge is 0.319 e. The molecule has 4 amide bonds.